The molecule has 0 radical (unpaired) electrons. The van der Waals surface area contributed by atoms with Crippen LogP contribution in [0, 0.1) is 5.41 Å². The molecule has 1 fully saturated rings. The number of benzene rings is 1. The third-order valence-electron chi connectivity index (χ3n) is 3.93. The molecule has 0 saturated heterocycles. The lowest BCUT2D eigenvalue weighted by molar-refractivity contribution is -0.137. The van der Waals surface area contributed by atoms with Gasteiger partial charge in [0.1, 0.15) is 0 Å². The molecule has 1 heterocycles. The summed E-state index contributed by atoms with van der Waals surface area (Å²) in [6.07, 6.45) is -1.44. The average molecular weight is 316 g/mol. The second-order valence-electron chi connectivity index (χ2n) is 5.53. The van der Waals surface area contributed by atoms with Crippen molar-refractivity contribution in [3.05, 3.63) is 23.8 Å². The van der Waals surface area contributed by atoms with E-state index in [1.807, 2.05) is 0 Å². The Morgan fingerprint density at radius 1 is 1.33 bits per heavy atom. The summed E-state index contributed by atoms with van der Waals surface area (Å²) in [7, 11) is 0. The molecule has 1 aliphatic rings. The molecule has 1 aromatic heterocycles. The Morgan fingerprint density at radius 2 is 2.10 bits per heavy atom. The van der Waals surface area contributed by atoms with Crippen LogP contribution in [0.3, 0.4) is 0 Å². The number of anilines is 1. The van der Waals surface area contributed by atoms with Crippen LogP contribution in [0.1, 0.15) is 24.8 Å². The van der Waals surface area contributed by atoms with Gasteiger partial charge >= 0.3 is 6.18 Å². The zero-order chi connectivity index (χ0) is 15.1. The lowest BCUT2D eigenvalue weighted by atomic mass is 10.0. The molecule has 0 unspecified atom stereocenters. The van der Waals surface area contributed by atoms with Gasteiger partial charge in [-0.2, -0.15) is 13.2 Å². The Balaban J connectivity index is 1.75. The number of nitrogens with one attached hydrogen (secondary N) is 1. The highest BCUT2D eigenvalue weighted by molar-refractivity contribution is 7.22. The minimum atomic E-state index is -4.34. The SMILES string of the molecule is OCCC1(CNc2nc3cc(C(F)(F)F)ccc3s2)CC1. The van der Waals surface area contributed by atoms with Gasteiger partial charge < -0.3 is 10.4 Å². The van der Waals surface area contributed by atoms with Crippen molar-refractivity contribution in [3.63, 3.8) is 0 Å². The zero-order valence-corrected chi connectivity index (χ0v) is 12.0. The van der Waals surface area contributed by atoms with Gasteiger partial charge in [0.2, 0.25) is 0 Å². The second-order valence-corrected chi connectivity index (χ2v) is 6.56. The normalized spacial score (nSPS) is 17.1. The Bertz CT molecular complexity index is 649. The lowest BCUT2D eigenvalue weighted by Crippen LogP contribution is -2.16. The quantitative estimate of drug-likeness (QED) is 0.879. The summed E-state index contributed by atoms with van der Waals surface area (Å²) in [4.78, 5) is 4.22. The van der Waals surface area contributed by atoms with Crippen LogP contribution in [-0.2, 0) is 6.18 Å². The average Bonchev–Trinajstić information content (AvgIpc) is 3.05. The summed E-state index contributed by atoms with van der Waals surface area (Å²) < 4.78 is 38.7. The van der Waals surface area contributed by atoms with Crippen LogP contribution in [0.25, 0.3) is 10.2 Å². The fourth-order valence-corrected chi connectivity index (χ4v) is 3.21. The number of nitrogens with zero attached hydrogens (tertiary/aromatic N) is 1. The monoisotopic (exact) mass is 316 g/mol. The van der Waals surface area contributed by atoms with Crippen LogP contribution < -0.4 is 5.32 Å². The number of rotatable bonds is 5. The van der Waals surface area contributed by atoms with Crippen LogP contribution in [0.15, 0.2) is 18.2 Å². The molecule has 1 aromatic carbocycles. The van der Waals surface area contributed by atoms with Gasteiger partial charge in [-0.3, -0.25) is 0 Å². The van der Waals surface area contributed by atoms with E-state index in [1.54, 1.807) is 0 Å². The molecule has 0 spiro atoms. The van der Waals surface area contributed by atoms with Crippen molar-refractivity contribution in [1.29, 1.82) is 0 Å². The van der Waals surface area contributed by atoms with Gasteiger partial charge in [0.25, 0.3) is 0 Å². The van der Waals surface area contributed by atoms with E-state index in [9.17, 15) is 13.2 Å². The predicted molar refractivity (Wildman–Crippen MR) is 76.5 cm³/mol. The number of aromatic nitrogens is 1. The molecule has 0 bridgehead atoms. The van der Waals surface area contributed by atoms with Crippen LogP contribution in [0.5, 0.6) is 0 Å². The van der Waals surface area contributed by atoms with Crippen LogP contribution in [0.2, 0.25) is 0 Å². The van der Waals surface area contributed by atoms with Crippen LogP contribution >= 0.6 is 11.3 Å². The van der Waals surface area contributed by atoms with Gasteiger partial charge in [-0.15, -0.1) is 0 Å². The van der Waals surface area contributed by atoms with E-state index in [0.29, 0.717) is 17.2 Å². The summed E-state index contributed by atoms with van der Waals surface area (Å²) in [5, 5.41) is 12.8. The van der Waals surface area contributed by atoms with Crippen molar-refractivity contribution < 1.29 is 18.3 Å². The molecule has 2 aromatic rings. The third-order valence-corrected chi connectivity index (χ3v) is 4.92. The first-order valence-corrected chi connectivity index (χ1v) is 7.56. The van der Waals surface area contributed by atoms with E-state index in [4.69, 9.17) is 5.11 Å². The van der Waals surface area contributed by atoms with Crippen molar-refractivity contribution in [1.82, 2.24) is 4.98 Å². The molecule has 3 nitrogen and oxygen atoms in total. The Kier molecular flexibility index (Phi) is 3.57. The van der Waals surface area contributed by atoms with E-state index in [2.05, 4.69) is 10.3 Å². The number of hydrogen-bond acceptors (Lipinski definition) is 4. The van der Waals surface area contributed by atoms with Crippen LogP contribution in [0.4, 0.5) is 18.3 Å². The maximum absolute atomic E-state index is 12.7. The molecule has 2 N–H and O–H groups in total. The predicted octanol–water partition coefficient (Wildman–Crippen LogP) is 3.89. The number of halogens is 3. The number of fused-ring (bicyclic) bond motifs is 1. The van der Waals surface area contributed by atoms with Crippen molar-refractivity contribution in [2.24, 2.45) is 5.41 Å². The summed E-state index contributed by atoms with van der Waals surface area (Å²) >= 11 is 1.35. The summed E-state index contributed by atoms with van der Waals surface area (Å²) in [6, 6.07) is 3.62. The minimum absolute atomic E-state index is 0.143. The molecule has 7 heteroatoms. The van der Waals surface area contributed by atoms with E-state index in [1.165, 1.54) is 17.4 Å². The Morgan fingerprint density at radius 3 is 2.71 bits per heavy atom. The Labute approximate surface area is 123 Å². The number of hydrogen-bond donors (Lipinski definition) is 2. The van der Waals surface area contributed by atoms with Gasteiger partial charge in [0.15, 0.2) is 5.13 Å². The molecule has 114 valence electrons. The molecule has 0 atom stereocenters. The summed E-state index contributed by atoms with van der Waals surface area (Å²) in [5.74, 6) is 0. The van der Waals surface area contributed by atoms with E-state index < -0.39 is 11.7 Å². The first-order valence-electron chi connectivity index (χ1n) is 6.74. The number of thiazole rings is 1. The fourth-order valence-electron chi connectivity index (χ4n) is 2.37. The molecule has 0 aliphatic heterocycles. The topological polar surface area (TPSA) is 45.1 Å². The van der Waals surface area contributed by atoms with Gasteiger partial charge in [0.05, 0.1) is 15.8 Å². The van der Waals surface area contributed by atoms with Gasteiger partial charge in [-0.25, -0.2) is 4.98 Å². The first-order chi connectivity index (χ1) is 9.92. The third kappa shape index (κ3) is 3.13. The molecular formula is C14H15F3N2OS. The summed E-state index contributed by atoms with van der Waals surface area (Å²) in [5.41, 5.74) is -0.167. The standard InChI is InChI=1S/C14H15F3N2OS/c15-14(16,17)9-1-2-11-10(7-9)19-12(21-11)18-8-13(3-4-13)5-6-20/h1-2,7,20H,3-6,8H2,(H,18,19). The molecule has 3 rings (SSSR count). The van der Waals surface area contributed by atoms with Gasteiger partial charge in [-0.05, 0) is 42.9 Å². The van der Waals surface area contributed by atoms with Crippen LogP contribution in [-0.4, -0.2) is 23.2 Å². The largest absolute Gasteiger partial charge is 0.416 e. The van der Waals surface area contributed by atoms with Crippen molar-refractivity contribution >= 4 is 26.7 Å². The number of alkyl halides is 3. The highest BCUT2D eigenvalue weighted by atomic mass is 32.1. The minimum Gasteiger partial charge on any atom is -0.396 e. The van der Waals surface area contributed by atoms with Gasteiger partial charge in [0, 0.05) is 13.2 Å². The highest BCUT2D eigenvalue weighted by Crippen LogP contribution is 2.48. The second kappa shape index (κ2) is 5.14. The first kappa shape index (κ1) is 14.6. The number of aliphatic hydroxyl groups is 1. The molecule has 1 aliphatic carbocycles. The number of aliphatic hydroxyl groups excluding tert-OH is 1. The van der Waals surface area contributed by atoms with Crippen molar-refractivity contribution in [3.8, 4) is 0 Å². The molecule has 1 saturated carbocycles. The highest BCUT2D eigenvalue weighted by Gasteiger charge is 2.41. The Hall–Kier alpha value is -1.34. The van der Waals surface area contributed by atoms with E-state index >= 15 is 0 Å². The van der Waals surface area contributed by atoms with E-state index in [-0.39, 0.29) is 12.0 Å². The lowest BCUT2D eigenvalue weighted by Gasteiger charge is -2.13. The van der Waals surface area contributed by atoms with E-state index in [0.717, 1.165) is 36.1 Å². The zero-order valence-electron chi connectivity index (χ0n) is 11.2. The maximum Gasteiger partial charge on any atom is 0.416 e. The maximum atomic E-state index is 12.7. The summed E-state index contributed by atoms with van der Waals surface area (Å²) in [6.45, 7) is 0.871. The molecular weight excluding hydrogens is 301 g/mol. The van der Waals surface area contributed by atoms with Crippen molar-refractivity contribution in [2.75, 3.05) is 18.5 Å². The fraction of sp³-hybridized carbons (Fsp3) is 0.500. The smallest absolute Gasteiger partial charge is 0.396 e. The molecule has 21 heavy (non-hydrogen) atoms. The van der Waals surface area contributed by atoms with Crippen molar-refractivity contribution in [2.45, 2.75) is 25.4 Å². The molecule has 0 amide bonds. The van der Waals surface area contributed by atoms with Gasteiger partial charge in [-0.1, -0.05) is 11.3 Å².